The molecule has 0 aliphatic carbocycles. The van der Waals surface area contributed by atoms with Gasteiger partial charge in [0.15, 0.2) is 0 Å². The number of nitrogens with one attached hydrogen (secondary N) is 1. The van der Waals surface area contributed by atoms with Crippen molar-refractivity contribution in [2.45, 2.75) is 13.5 Å². The van der Waals surface area contributed by atoms with Gasteiger partial charge >= 0.3 is 0 Å². The molecule has 0 aliphatic heterocycles. The van der Waals surface area contributed by atoms with Crippen LogP contribution in [0.25, 0.3) is 0 Å². The number of hydrogen-bond donors (Lipinski definition) is 2. The lowest BCUT2D eigenvalue weighted by atomic mass is 10.1. The summed E-state index contributed by atoms with van der Waals surface area (Å²) in [6.07, 6.45) is 0. The van der Waals surface area contributed by atoms with Crippen molar-refractivity contribution in [2.24, 2.45) is 11.7 Å². The van der Waals surface area contributed by atoms with E-state index in [1.54, 1.807) is 6.07 Å². The third-order valence-electron chi connectivity index (χ3n) is 2.23. The Bertz CT molecular complexity index is 315. The van der Waals surface area contributed by atoms with Crippen LogP contribution < -0.4 is 11.1 Å². The third-order valence-corrected chi connectivity index (χ3v) is 2.81. The lowest BCUT2D eigenvalue weighted by Gasteiger charge is -2.10. The second-order valence-corrected chi connectivity index (χ2v) is 4.55. The quantitative estimate of drug-likeness (QED) is 0.839. The molecule has 2 nitrogen and oxygen atoms in total. The van der Waals surface area contributed by atoms with E-state index in [-0.39, 0.29) is 0 Å². The minimum Gasteiger partial charge on any atom is -0.330 e. The van der Waals surface area contributed by atoms with Crippen molar-refractivity contribution in [2.75, 3.05) is 13.1 Å². The standard InChI is InChI=1S/C11H16Cl2N2/c1-8(5-14)6-15-7-9-2-3-10(12)4-11(9)13/h2-4,8,15H,5-7,14H2,1H3. The Morgan fingerprint density at radius 2 is 2.13 bits per heavy atom. The predicted octanol–water partition coefficient (Wildman–Crippen LogP) is 2.68. The summed E-state index contributed by atoms with van der Waals surface area (Å²) in [5, 5.41) is 4.68. The first-order valence-electron chi connectivity index (χ1n) is 4.98. The highest BCUT2D eigenvalue weighted by Crippen LogP contribution is 2.20. The Hall–Kier alpha value is -0.280. The number of nitrogens with two attached hydrogens (primary N) is 1. The van der Waals surface area contributed by atoms with E-state index >= 15 is 0 Å². The summed E-state index contributed by atoms with van der Waals surface area (Å²) in [4.78, 5) is 0. The molecule has 0 fully saturated rings. The minimum absolute atomic E-state index is 0.482. The fraction of sp³-hybridized carbons (Fsp3) is 0.455. The fourth-order valence-corrected chi connectivity index (χ4v) is 1.68. The second-order valence-electron chi connectivity index (χ2n) is 3.71. The molecule has 84 valence electrons. The monoisotopic (exact) mass is 246 g/mol. The lowest BCUT2D eigenvalue weighted by molar-refractivity contribution is 0.522. The van der Waals surface area contributed by atoms with Crippen molar-refractivity contribution in [3.05, 3.63) is 33.8 Å². The zero-order chi connectivity index (χ0) is 11.3. The van der Waals surface area contributed by atoms with Gasteiger partial charge in [-0.25, -0.2) is 0 Å². The Kier molecular flexibility index (Phi) is 5.40. The predicted molar refractivity (Wildman–Crippen MR) is 66.4 cm³/mol. The largest absolute Gasteiger partial charge is 0.330 e. The van der Waals surface area contributed by atoms with E-state index in [1.165, 1.54) is 0 Å². The lowest BCUT2D eigenvalue weighted by Crippen LogP contribution is -2.25. The van der Waals surface area contributed by atoms with Gasteiger partial charge in [0.05, 0.1) is 0 Å². The van der Waals surface area contributed by atoms with Gasteiger partial charge in [0.25, 0.3) is 0 Å². The first-order valence-corrected chi connectivity index (χ1v) is 5.73. The highest BCUT2D eigenvalue weighted by molar-refractivity contribution is 6.35. The van der Waals surface area contributed by atoms with Gasteiger partial charge in [0.1, 0.15) is 0 Å². The van der Waals surface area contributed by atoms with Crippen LogP contribution in [0.2, 0.25) is 10.0 Å². The van der Waals surface area contributed by atoms with Crippen molar-refractivity contribution in [3.63, 3.8) is 0 Å². The van der Waals surface area contributed by atoms with E-state index in [1.807, 2.05) is 12.1 Å². The Morgan fingerprint density at radius 1 is 1.40 bits per heavy atom. The molecule has 0 spiro atoms. The molecule has 0 radical (unpaired) electrons. The number of rotatable bonds is 5. The van der Waals surface area contributed by atoms with E-state index in [0.717, 1.165) is 18.7 Å². The second kappa shape index (κ2) is 6.33. The van der Waals surface area contributed by atoms with Crippen molar-refractivity contribution in [1.82, 2.24) is 5.32 Å². The van der Waals surface area contributed by atoms with Crippen molar-refractivity contribution in [1.29, 1.82) is 0 Å². The van der Waals surface area contributed by atoms with Gasteiger partial charge in [-0.05, 0) is 36.7 Å². The molecule has 0 heterocycles. The highest BCUT2D eigenvalue weighted by Gasteiger charge is 2.02. The van der Waals surface area contributed by atoms with Gasteiger partial charge < -0.3 is 11.1 Å². The molecule has 0 saturated carbocycles. The topological polar surface area (TPSA) is 38.0 Å². The molecule has 15 heavy (non-hydrogen) atoms. The van der Waals surface area contributed by atoms with Gasteiger partial charge in [-0.1, -0.05) is 36.2 Å². The molecule has 1 atom stereocenters. The van der Waals surface area contributed by atoms with E-state index in [4.69, 9.17) is 28.9 Å². The molecule has 1 aromatic carbocycles. The van der Waals surface area contributed by atoms with Gasteiger partial charge in [0, 0.05) is 16.6 Å². The van der Waals surface area contributed by atoms with Crippen LogP contribution in [-0.2, 0) is 6.54 Å². The molecule has 4 heteroatoms. The molecule has 0 aromatic heterocycles. The minimum atomic E-state index is 0.482. The zero-order valence-electron chi connectivity index (χ0n) is 8.76. The van der Waals surface area contributed by atoms with Crippen LogP contribution >= 0.6 is 23.2 Å². The Morgan fingerprint density at radius 3 is 2.73 bits per heavy atom. The third kappa shape index (κ3) is 4.39. The maximum absolute atomic E-state index is 6.03. The molecular weight excluding hydrogens is 231 g/mol. The van der Waals surface area contributed by atoms with Crippen LogP contribution in [-0.4, -0.2) is 13.1 Å². The molecular formula is C11H16Cl2N2. The van der Waals surface area contributed by atoms with Gasteiger partial charge in [0.2, 0.25) is 0 Å². The summed E-state index contributed by atoms with van der Waals surface area (Å²) < 4.78 is 0. The Labute approximate surface area is 101 Å². The summed E-state index contributed by atoms with van der Waals surface area (Å²) in [5.41, 5.74) is 6.58. The van der Waals surface area contributed by atoms with Crippen LogP contribution in [0.1, 0.15) is 12.5 Å². The molecule has 3 N–H and O–H groups in total. The summed E-state index contributed by atoms with van der Waals surface area (Å²) >= 11 is 11.8. The molecule has 0 aliphatic rings. The molecule has 0 amide bonds. The Balaban J connectivity index is 2.44. The van der Waals surface area contributed by atoms with Crippen LogP contribution in [0.3, 0.4) is 0 Å². The number of benzene rings is 1. The van der Waals surface area contributed by atoms with Crippen LogP contribution in [0.15, 0.2) is 18.2 Å². The summed E-state index contributed by atoms with van der Waals surface area (Å²) in [5.74, 6) is 0.482. The van der Waals surface area contributed by atoms with Crippen molar-refractivity contribution >= 4 is 23.2 Å². The maximum Gasteiger partial charge on any atom is 0.0465 e. The van der Waals surface area contributed by atoms with Crippen LogP contribution in [0, 0.1) is 5.92 Å². The van der Waals surface area contributed by atoms with E-state index in [0.29, 0.717) is 22.5 Å². The molecule has 1 unspecified atom stereocenters. The SMILES string of the molecule is CC(CN)CNCc1ccc(Cl)cc1Cl. The maximum atomic E-state index is 6.03. The van der Waals surface area contributed by atoms with Gasteiger partial charge in [-0.3, -0.25) is 0 Å². The van der Waals surface area contributed by atoms with Crippen LogP contribution in [0.4, 0.5) is 0 Å². The molecule has 1 rings (SSSR count). The van der Waals surface area contributed by atoms with E-state index in [2.05, 4.69) is 12.2 Å². The fourth-order valence-electron chi connectivity index (χ4n) is 1.20. The first-order chi connectivity index (χ1) is 7.13. The highest BCUT2D eigenvalue weighted by atomic mass is 35.5. The average molecular weight is 247 g/mol. The first kappa shape index (κ1) is 12.8. The van der Waals surface area contributed by atoms with Crippen LogP contribution in [0.5, 0.6) is 0 Å². The molecule has 0 bridgehead atoms. The summed E-state index contributed by atoms with van der Waals surface area (Å²) in [6.45, 7) is 4.45. The van der Waals surface area contributed by atoms with E-state index in [9.17, 15) is 0 Å². The number of halogens is 2. The summed E-state index contributed by atoms with van der Waals surface area (Å²) in [7, 11) is 0. The van der Waals surface area contributed by atoms with Gasteiger partial charge in [-0.2, -0.15) is 0 Å². The smallest absolute Gasteiger partial charge is 0.0465 e. The van der Waals surface area contributed by atoms with Gasteiger partial charge in [-0.15, -0.1) is 0 Å². The van der Waals surface area contributed by atoms with E-state index < -0.39 is 0 Å². The average Bonchev–Trinajstić information content (AvgIpc) is 2.21. The zero-order valence-corrected chi connectivity index (χ0v) is 10.3. The summed E-state index contributed by atoms with van der Waals surface area (Å²) in [6, 6.07) is 5.54. The molecule has 0 saturated heterocycles. The van der Waals surface area contributed by atoms with Crippen molar-refractivity contribution < 1.29 is 0 Å². The number of hydrogen-bond acceptors (Lipinski definition) is 2. The van der Waals surface area contributed by atoms with Crippen molar-refractivity contribution in [3.8, 4) is 0 Å². The molecule has 1 aromatic rings. The normalized spacial score (nSPS) is 12.8.